The SMILES string of the molecule is N#Cc1cccc(Nc2nncc(NCCc3ccc(Cl)cc3)n2)c1. The standard InChI is InChI=1S/C18H15ClN6/c19-15-6-4-13(5-7-15)8-9-21-17-12-22-25-18(24-17)23-16-3-1-2-14(10-16)11-20/h1-7,10,12H,8-9H2,(H2,21,23,24,25). The molecule has 0 radical (unpaired) electrons. The summed E-state index contributed by atoms with van der Waals surface area (Å²) in [5.41, 5.74) is 2.49. The fraction of sp³-hybridized carbons (Fsp3) is 0.111. The molecule has 7 heteroatoms. The summed E-state index contributed by atoms with van der Waals surface area (Å²) in [5, 5.41) is 23.8. The number of halogens is 1. The summed E-state index contributed by atoms with van der Waals surface area (Å²) < 4.78 is 0. The summed E-state index contributed by atoms with van der Waals surface area (Å²) in [6.45, 7) is 0.712. The lowest BCUT2D eigenvalue weighted by Crippen LogP contribution is -2.08. The molecule has 0 atom stereocenters. The van der Waals surface area contributed by atoms with Crippen LogP contribution < -0.4 is 10.6 Å². The van der Waals surface area contributed by atoms with E-state index in [2.05, 4.69) is 31.9 Å². The second kappa shape index (κ2) is 8.08. The minimum atomic E-state index is 0.367. The molecule has 3 aromatic rings. The van der Waals surface area contributed by atoms with Crippen molar-refractivity contribution in [2.24, 2.45) is 0 Å². The van der Waals surface area contributed by atoms with Gasteiger partial charge in [0.05, 0.1) is 17.8 Å². The van der Waals surface area contributed by atoms with Gasteiger partial charge in [-0.05, 0) is 42.3 Å². The lowest BCUT2D eigenvalue weighted by Gasteiger charge is -2.08. The molecule has 25 heavy (non-hydrogen) atoms. The molecule has 0 amide bonds. The average Bonchev–Trinajstić information content (AvgIpc) is 2.64. The molecule has 0 aliphatic carbocycles. The highest BCUT2D eigenvalue weighted by Crippen LogP contribution is 2.15. The van der Waals surface area contributed by atoms with E-state index in [-0.39, 0.29) is 0 Å². The van der Waals surface area contributed by atoms with Crippen LogP contribution in [0.3, 0.4) is 0 Å². The Morgan fingerprint density at radius 1 is 1.12 bits per heavy atom. The highest BCUT2D eigenvalue weighted by Gasteiger charge is 2.02. The van der Waals surface area contributed by atoms with E-state index in [0.717, 1.165) is 17.1 Å². The predicted molar refractivity (Wildman–Crippen MR) is 97.9 cm³/mol. The number of rotatable bonds is 6. The molecule has 3 rings (SSSR count). The van der Waals surface area contributed by atoms with Crippen LogP contribution >= 0.6 is 11.6 Å². The Hall–Kier alpha value is -3.17. The maximum Gasteiger partial charge on any atom is 0.249 e. The number of hydrogen-bond acceptors (Lipinski definition) is 6. The smallest absolute Gasteiger partial charge is 0.249 e. The van der Waals surface area contributed by atoms with Crippen LogP contribution in [0.25, 0.3) is 0 Å². The van der Waals surface area contributed by atoms with Crippen LogP contribution in [0.1, 0.15) is 11.1 Å². The highest BCUT2D eigenvalue weighted by molar-refractivity contribution is 6.30. The van der Waals surface area contributed by atoms with E-state index in [0.29, 0.717) is 23.9 Å². The Bertz CT molecular complexity index is 889. The van der Waals surface area contributed by atoms with Crippen molar-refractivity contribution in [3.63, 3.8) is 0 Å². The van der Waals surface area contributed by atoms with Gasteiger partial charge in [-0.15, -0.1) is 5.10 Å². The number of anilines is 3. The molecule has 0 bridgehead atoms. The van der Waals surface area contributed by atoms with Crippen LogP contribution in [-0.4, -0.2) is 21.7 Å². The van der Waals surface area contributed by atoms with E-state index in [1.807, 2.05) is 30.3 Å². The Morgan fingerprint density at radius 3 is 2.76 bits per heavy atom. The normalized spacial score (nSPS) is 10.1. The van der Waals surface area contributed by atoms with Crippen molar-refractivity contribution in [3.05, 3.63) is 70.9 Å². The lowest BCUT2D eigenvalue weighted by molar-refractivity contribution is 0.950. The number of nitrogens with zero attached hydrogens (tertiary/aromatic N) is 4. The number of aromatic nitrogens is 3. The first-order valence-corrected chi connectivity index (χ1v) is 8.06. The summed E-state index contributed by atoms with van der Waals surface area (Å²) >= 11 is 5.88. The fourth-order valence-corrected chi connectivity index (χ4v) is 2.35. The molecule has 124 valence electrons. The van der Waals surface area contributed by atoms with E-state index in [9.17, 15) is 0 Å². The molecule has 0 saturated heterocycles. The maximum absolute atomic E-state index is 8.94. The minimum absolute atomic E-state index is 0.367. The van der Waals surface area contributed by atoms with Gasteiger partial charge in [-0.1, -0.05) is 29.8 Å². The van der Waals surface area contributed by atoms with E-state index >= 15 is 0 Å². The molecule has 1 heterocycles. The average molecular weight is 351 g/mol. The number of benzene rings is 2. The molecule has 0 aliphatic heterocycles. The van der Waals surface area contributed by atoms with Crippen molar-refractivity contribution in [1.82, 2.24) is 15.2 Å². The molecule has 2 aromatic carbocycles. The van der Waals surface area contributed by atoms with Crippen LogP contribution in [0.15, 0.2) is 54.7 Å². The second-order valence-corrected chi connectivity index (χ2v) is 5.72. The Balaban J connectivity index is 1.59. The predicted octanol–water partition coefficient (Wildman–Crippen LogP) is 3.79. The van der Waals surface area contributed by atoms with E-state index in [1.165, 1.54) is 5.56 Å². The van der Waals surface area contributed by atoms with Gasteiger partial charge in [0.15, 0.2) is 5.82 Å². The molecular formula is C18H15ClN6. The third kappa shape index (κ3) is 4.90. The van der Waals surface area contributed by atoms with Gasteiger partial charge >= 0.3 is 0 Å². The van der Waals surface area contributed by atoms with Crippen molar-refractivity contribution in [2.45, 2.75) is 6.42 Å². The van der Waals surface area contributed by atoms with Crippen molar-refractivity contribution in [1.29, 1.82) is 5.26 Å². The molecule has 2 N–H and O–H groups in total. The lowest BCUT2D eigenvalue weighted by atomic mass is 10.1. The Labute approximate surface area is 150 Å². The van der Waals surface area contributed by atoms with Crippen LogP contribution in [0, 0.1) is 11.3 Å². The first-order valence-electron chi connectivity index (χ1n) is 7.68. The maximum atomic E-state index is 8.94. The quantitative estimate of drug-likeness (QED) is 0.703. The van der Waals surface area contributed by atoms with Gasteiger partial charge in [-0.3, -0.25) is 0 Å². The van der Waals surface area contributed by atoms with Gasteiger partial charge in [0.1, 0.15) is 0 Å². The molecule has 0 spiro atoms. The fourth-order valence-electron chi connectivity index (χ4n) is 2.22. The molecule has 0 saturated carbocycles. The summed E-state index contributed by atoms with van der Waals surface area (Å²) in [4.78, 5) is 4.37. The third-order valence-corrected chi connectivity index (χ3v) is 3.69. The van der Waals surface area contributed by atoms with Crippen LogP contribution in [0.2, 0.25) is 5.02 Å². The molecule has 1 aromatic heterocycles. The monoisotopic (exact) mass is 350 g/mol. The van der Waals surface area contributed by atoms with Crippen molar-refractivity contribution >= 4 is 29.1 Å². The van der Waals surface area contributed by atoms with Gasteiger partial charge in [-0.25, -0.2) is 0 Å². The van der Waals surface area contributed by atoms with Crippen molar-refractivity contribution < 1.29 is 0 Å². The Morgan fingerprint density at radius 2 is 1.96 bits per heavy atom. The second-order valence-electron chi connectivity index (χ2n) is 5.29. The summed E-state index contributed by atoms with van der Waals surface area (Å²) in [5.74, 6) is 0.995. The van der Waals surface area contributed by atoms with Crippen LogP contribution in [0.5, 0.6) is 0 Å². The first-order chi connectivity index (χ1) is 12.2. The summed E-state index contributed by atoms with van der Waals surface area (Å²) in [7, 11) is 0. The minimum Gasteiger partial charge on any atom is -0.368 e. The molecule has 0 unspecified atom stereocenters. The van der Waals surface area contributed by atoms with Crippen molar-refractivity contribution in [2.75, 3.05) is 17.2 Å². The molecular weight excluding hydrogens is 336 g/mol. The Kier molecular flexibility index (Phi) is 5.39. The van der Waals surface area contributed by atoms with Crippen LogP contribution in [0.4, 0.5) is 17.5 Å². The number of nitriles is 1. The zero-order valence-corrected chi connectivity index (χ0v) is 14.0. The summed E-state index contributed by atoms with van der Waals surface area (Å²) in [6, 6.07) is 16.9. The van der Waals surface area contributed by atoms with Crippen molar-refractivity contribution in [3.8, 4) is 6.07 Å². The van der Waals surface area contributed by atoms with Crippen LogP contribution in [-0.2, 0) is 6.42 Å². The molecule has 6 nitrogen and oxygen atoms in total. The zero-order chi connectivity index (χ0) is 17.5. The van der Waals surface area contributed by atoms with Gasteiger partial charge < -0.3 is 10.6 Å². The zero-order valence-electron chi connectivity index (χ0n) is 13.3. The first kappa shape index (κ1) is 16.7. The van der Waals surface area contributed by atoms with E-state index in [1.54, 1.807) is 24.4 Å². The van der Waals surface area contributed by atoms with E-state index in [4.69, 9.17) is 16.9 Å². The number of nitrogens with one attached hydrogen (secondary N) is 2. The van der Waals surface area contributed by atoms with E-state index < -0.39 is 0 Å². The molecule has 0 fully saturated rings. The van der Waals surface area contributed by atoms with Gasteiger partial charge in [0, 0.05) is 17.3 Å². The van der Waals surface area contributed by atoms with Gasteiger partial charge in [-0.2, -0.15) is 15.3 Å². The van der Waals surface area contributed by atoms with Gasteiger partial charge in [0.2, 0.25) is 5.95 Å². The van der Waals surface area contributed by atoms with Gasteiger partial charge in [0.25, 0.3) is 0 Å². The molecule has 0 aliphatic rings. The summed E-state index contributed by atoms with van der Waals surface area (Å²) in [6.07, 6.45) is 2.41. The topological polar surface area (TPSA) is 86.5 Å². The number of hydrogen-bond donors (Lipinski definition) is 2. The third-order valence-electron chi connectivity index (χ3n) is 3.44. The largest absolute Gasteiger partial charge is 0.368 e. The highest BCUT2D eigenvalue weighted by atomic mass is 35.5.